The van der Waals surface area contributed by atoms with Crippen molar-refractivity contribution in [3.8, 4) is 17.6 Å². The van der Waals surface area contributed by atoms with Crippen LogP contribution >= 0.6 is 0 Å². The third-order valence-corrected chi connectivity index (χ3v) is 5.85. The number of halogens is 1. The van der Waals surface area contributed by atoms with E-state index < -0.39 is 11.9 Å². The summed E-state index contributed by atoms with van der Waals surface area (Å²) in [6.45, 7) is 6.08. The number of hydrogen-bond donors (Lipinski definition) is 1. The van der Waals surface area contributed by atoms with Gasteiger partial charge in [-0.1, -0.05) is 6.07 Å². The molecule has 1 unspecified atom stereocenters. The number of hydrogen-bond acceptors (Lipinski definition) is 5. The summed E-state index contributed by atoms with van der Waals surface area (Å²) in [6, 6.07) is 16.1. The van der Waals surface area contributed by atoms with E-state index >= 15 is 4.39 Å². The van der Waals surface area contributed by atoms with E-state index in [1.165, 1.54) is 12.0 Å². The van der Waals surface area contributed by atoms with E-state index in [0.717, 1.165) is 36.3 Å². The van der Waals surface area contributed by atoms with E-state index in [4.69, 9.17) is 19.7 Å². The number of aryl methyl sites for hydroxylation is 2. The van der Waals surface area contributed by atoms with Crippen molar-refractivity contribution in [2.24, 2.45) is 0 Å². The second kappa shape index (κ2) is 10.6. The number of rotatable bonds is 8. The molecule has 3 aromatic rings. The van der Waals surface area contributed by atoms with Crippen LogP contribution in [0.4, 0.5) is 10.1 Å². The molecule has 34 heavy (non-hydrogen) atoms. The molecule has 2 aromatic carbocycles. The number of nitriles is 1. The van der Waals surface area contributed by atoms with Gasteiger partial charge >= 0.3 is 0 Å². The highest BCUT2D eigenvalue weighted by Crippen LogP contribution is 2.36. The van der Waals surface area contributed by atoms with E-state index in [9.17, 15) is 0 Å². The van der Waals surface area contributed by atoms with Gasteiger partial charge in [0.1, 0.15) is 5.75 Å². The van der Waals surface area contributed by atoms with E-state index in [0.29, 0.717) is 23.5 Å². The van der Waals surface area contributed by atoms with Crippen LogP contribution in [-0.2, 0) is 12.8 Å². The highest BCUT2D eigenvalue weighted by atomic mass is 19.1. The fourth-order valence-corrected chi connectivity index (χ4v) is 4.27. The first-order valence-electron chi connectivity index (χ1n) is 11.9. The van der Waals surface area contributed by atoms with Crippen molar-refractivity contribution in [1.29, 1.82) is 5.26 Å². The lowest BCUT2D eigenvalue weighted by molar-refractivity contribution is 0.228. The fraction of sp³-hybridized carbons (Fsp3) is 0.357. The van der Waals surface area contributed by atoms with Crippen LogP contribution in [0.3, 0.4) is 0 Å². The molecule has 1 N–H and O–H groups in total. The maximum Gasteiger partial charge on any atom is 0.171 e. The maximum atomic E-state index is 15.9. The minimum Gasteiger partial charge on any atom is -0.494 e. The number of nitrogens with zero attached hydrogens (tertiary/aromatic N) is 2. The maximum absolute atomic E-state index is 15.9. The molecule has 0 saturated heterocycles. The molecule has 1 aliphatic carbocycles. The van der Waals surface area contributed by atoms with Gasteiger partial charge in [-0.2, -0.15) is 5.26 Å². The van der Waals surface area contributed by atoms with Crippen LogP contribution in [0.2, 0.25) is 0 Å². The smallest absolute Gasteiger partial charge is 0.171 e. The number of nitrogens with one attached hydrogen (secondary N) is 1. The van der Waals surface area contributed by atoms with Crippen molar-refractivity contribution >= 4 is 5.69 Å². The Kier molecular flexibility index (Phi) is 7.32. The minimum atomic E-state index is -0.574. The molecule has 6 heteroatoms. The predicted octanol–water partition coefficient (Wildman–Crippen LogP) is 6.36. The quantitative estimate of drug-likeness (QED) is 0.425. The molecular formula is C28H30FN3O2. The van der Waals surface area contributed by atoms with E-state index in [-0.39, 0.29) is 11.9 Å². The van der Waals surface area contributed by atoms with Gasteiger partial charge in [0, 0.05) is 23.0 Å². The Morgan fingerprint density at radius 2 is 1.85 bits per heavy atom. The fourth-order valence-electron chi connectivity index (χ4n) is 4.27. The number of fused-ring (bicyclic) bond motifs is 1. The summed E-state index contributed by atoms with van der Waals surface area (Å²) in [7, 11) is 0. The topological polar surface area (TPSA) is 67.2 Å². The Hall–Kier alpha value is -3.59. The summed E-state index contributed by atoms with van der Waals surface area (Å²) in [6.07, 6.45) is 4.04. The standard InChI is InChI=1S/C28H30FN3O2/c1-4-33-22-15-23(27(29)26(16-22)34-18(2)3)28(31-21-12-9-19(17-30)10-13-21)25-14-11-20-7-5-6-8-24(20)32-25/h9-16,18,28,31H,4-8H2,1-3H3. The highest BCUT2D eigenvalue weighted by molar-refractivity contribution is 5.53. The third kappa shape index (κ3) is 5.31. The van der Waals surface area contributed by atoms with Gasteiger partial charge in [-0.25, -0.2) is 4.39 Å². The zero-order chi connectivity index (χ0) is 24.1. The van der Waals surface area contributed by atoms with Crippen LogP contribution in [0.25, 0.3) is 0 Å². The zero-order valence-electron chi connectivity index (χ0n) is 19.9. The summed E-state index contributed by atoms with van der Waals surface area (Å²) < 4.78 is 27.4. The monoisotopic (exact) mass is 459 g/mol. The van der Waals surface area contributed by atoms with Crippen LogP contribution in [0, 0.1) is 17.1 Å². The summed E-state index contributed by atoms with van der Waals surface area (Å²) in [5.74, 6) is 0.252. The molecule has 0 fully saturated rings. The molecule has 1 aliphatic rings. The third-order valence-electron chi connectivity index (χ3n) is 5.85. The molecule has 1 aromatic heterocycles. The van der Waals surface area contributed by atoms with Gasteiger partial charge in [0.25, 0.3) is 0 Å². The van der Waals surface area contributed by atoms with Crippen molar-refractivity contribution in [2.45, 2.75) is 58.6 Å². The van der Waals surface area contributed by atoms with Crippen molar-refractivity contribution < 1.29 is 13.9 Å². The Morgan fingerprint density at radius 1 is 1.09 bits per heavy atom. The molecule has 0 aliphatic heterocycles. The lowest BCUT2D eigenvalue weighted by Crippen LogP contribution is -2.19. The highest BCUT2D eigenvalue weighted by Gasteiger charge is 2.25. The molecule has 5 nitrogen and oxygen atoms in total. The van der Waals surface area contributed by atoms with Gasteiger partial charge < -0.3 is 14.8 Å². The van der Waals surface area contributed by atoms with Crippen molar-refractivity contribution in [3.05, 3.63) is 82.4 Å². The van der Waals surface area contributed by atoms with E-state index in [1.807, 2.05) is 39.0 Å². The molecule has 1 atom stereocenters. The molecule has 0 bridgehead atoms. The van der Waals surface area contributed by atoms with Crippen LogP contribution in [-0.4, -0.2) is 17.7 Å². The first-order chi connectivity index (χ1) is 16.5. The SMILES string of the molecule is CCOc1cc(OC(C)C)c(F)c(C(Nc2ccc(C#N)cc2)c2ccc3c(n2)CCCC3)c1. The first-order valence-corrected chi connectivity index (χ1v) is 11.9. The van der Waals surface area contributed by atoms with Gasteiger partial charge in [-0.05, 0) is 88.4 Å². The van der Waals surface area contributed by atoms with Crippen LogP contribution in [0.5, 0.6) is 11.5 Å². The summed E-state index contributed by atoms with van der Waals surface area (Å²) in [5, 5.41) is 12.6. The zero-order valence-corrected chi connectivity index (χ0v) is 19.9. The lowest BCUT2D eigenvalue weighted by Gasteiger charge is -2.25. The molecule has 0 spiro atoms. The number of anilines is 1. The van der Waals surface area contributed by atoms with Gasteiger partial charge in [-0.15, -0.1) is 0 Å². The second-order valence-corrected chi connectivity index (χ2v) is 8.74. The van der Waals surface area contributed by atoms with Crippen molar-refractivity contribution in [2.75, 3.05) is 11.9 Å². The molecule has 1 heterocycles. The largest absolute Gasteiger partial charge is 0.494 e. The summed E-state index contributed by atoms with van der Waals surface area (Å²) >= 11 is 0. The number of ether oxygens (including phenoxy) is 2. The first kappa shape index (κ1) is 23.6. The number of aromatic nitrogens is 1. The molecule has 4 rings (SSSR count). The Morgan fingerprint density at radius 3 is 2.56 bits per heavy atom. The van der Waals surface area contributed by atoms with E-state index in [2.05, 4.69) is 17.5 Å². The second-order valence-electron chi connectivity index (χ2n) is 8.74. The van der Waals surface area contributed by atoms with Crippen molar-refractivity contribution in [1.82, 2.24) is 4.98 Å². The van der Waals surface area contributed by atoms with Gasteiger partial charge in [0.15, 0.2) is 11.6 Å². The number of pyridine rings is 1. The summed E-state index contributed by atoms with van der Waals surface area (Å²) in [5.41, 5.74) is 4.79. The Balaban J connectivity index is 1.83. The molecule has 0 amide bonds. The average Bonchev–Trinajstić information content (AvgIpc) is 2.84. The molecule has 0 saturated carbocycles. The van der Waals surface area contributed by atoms with Crippen LogP contribution < -0.4 is 14.8 Å². The Bertz CT molecular complexity index is 1190. The summed E-state index contributed by atoms with van der Waals surface area (Å²) in [4.78, 5) is 4.96. The minimum absolute atomic E-state index is 0.153. The van der Waals surface area contributed by atoms with Crippen LogP contribution in [0.15, 0.2) is 48.5 Å². The molecule has 0 radical (unpaired) electrons. The lowest BCUT2D eigenvalue weighted by atomic mass is 9.94. The molecular weight excluding hydrogens is 429 g/mol. The average molecular weight is 460 g/mol. The Labute approximate surface area is 200 Å². The predicted molar refractivity (Wildman–Crippen MR) is 131 cm³/mol. The van der Waals surface area contributed by atoms with Gasteiger partial charge in [0.05, 0.1) is 36.1 Å². The van der Waals surface area contributed by atoms with Crippen molar-refractivity contribution in [3.63, 3.8) is 0 Å². The van der Waals surface area contributed by atoms with E-state index in [1.54, 1.807) is 24.3 Å². The van der Waals surface area contributed by atoms with Crippen LogP contribution in [0.1, 0.15) is 67.7 Å². The normalized spacial score (nSPS) is 13.6. The number of benzene rings is 2. The van der Waals surface area contributed by atoms with Gasteiger partial charge in [0.2, 0.25) is 0 Å². The molecule has 176 valence electrons. The van der Waals surface area contributed by atoms with Gasteiger partial charge in [-0.3, -0.25) is 4.98 Å².